The number of carbonyl (C=O) groups excluding carboxylic acids is 2. The summed E-state index contributed by atoms with van der Waals surface area (Å²) in [5, 5.41) is 0. The van der Waals surface area contributed by atoms with Crippen molar-refractivity contribution in [1.29, 1.82) is 0 Å². The third-order valence-electron chi connectivity index (χ3n) is 5.84. The Morgan fingerprint density at radius 3 is 1.65 bits per heavy atom. The highest BCUT2D eigenvalue weighted by Gasteiger charge is 2.64. The normalized spacial score (nSPS) is 35.0. The topological polar surface area (TPSA) is 61.8 Å². The minimum absolute atomic E-state index is 0.0280. The zero-order valence-electron chi connectivity index (χ0n) is 13.6. The first-order valence-corrected chi connectivity index (χ1v) is 8.47. The van der Waals surface area contributed by atoms with Crippen LogP contribution in [0.3, 0.4) is 0 Å². The number of carbonyl (C=O) groups is 2. The van der Waals surface area contributed by atoms with Crippen LogP contribution in [0.2, 0.25) is 0 Å². The van der Waals surface area contributed by atoms with E-state index in [1.54, 1.807) is 0 Å². The van der Waals surface area contributed by atoms with Crippen LogP contribution in [-0.4, -0.2) is 38.4 Å². The molecular formula is C18H22O5. The van der Waals surface area contributed by atoms with Crippen molar-refractivity contribution < 1.29 is 23.8 Å². The van der Waals surface area contributed by atoms with Crippen LogP contribution in [0.1, 0.15) is 38.5 Å². The van der Waals surface area contributed by atoms with Gasteiger partial charge in [-0.3, -0.25) is 0 Å². The highest BCUT2D eigenvalue weighted by Crippen LogP contribution is 2.61. The van der Waals surface area contributed by atoms with Gasteiger partial charge >= 0.3 is 11.9 Å². The van der Waals surface area contributed by atoms with Gasteiger partial charge in [-0.15, -0.1) is 0 Å². The molecule has 1 saturated heterocycles. The minimum Gasteiger partial charge on any atom is -0.466 e. The number of fused-ring (bicyclic) bond motifs is 7. The molecule has 0 spiro atoms. The van der Waals surface area contributed by atoms with Crippen molar-refractivity contribution >= 4 is 11.9 Å². The maximum atomic E-state index is 12.2. The number of esters is 2. The first-order valence-electron chi connectivity index (χ1n) is 8.47. The molecule has 2 aliphatic carbocycles. The van der Waals surface area contributed by atoms with E-state index in [0.29, 0.717) is 11.1 Å². The minimum atomic E-state index is -0.421. The van der Waals surface area contributed by atoms with Crippen molar-refractivity contribution in [3.05, 3.63) is 22.3 Å². The van der Waals surface area contributed by atoms with Crippen LogP contribution < -0.4 is 0 Å². The molecule has 124 valence electrons. The summed E-state index contributed by atoms with van der Waals surface area (Å²) >= 11 is 0. The van der Waals surface area contributed by atoms with E-state index >= 15 is 0 Å². The van der Waals surface area contributed by atoms with E-state index in [1.165, 1.54) is 51.0 Å². The molecule has 4 rings (SSSR count). The first-order chi connectivity index (χ1) is 11.2. The second-order valence-corrected chi connectivity index (χ2v) is 6.80. The zero-order valence-corrected chi connectivity index (χ0v) is 13.6. The van der Waals surface area contributed by atoms with Gasteiger partial charge in [0.2, 0.25) is 0 Å². The van der Waals surface area contributed by atoms with Gasteiger partial charge in [0.1, 0.15) is 0 Å². The van der Waals surface area contributed by atoms with E-state index in [4.69, 9.17) is 14.2 Å². The molecule has 2 heterocycles. The molecule has 2 aliphatic heterocycles. The van der Waals surface area contributed by atoms with Gasteiger partial charge in [0, 0.05) is 11.8 Å². The number of ether oxygens (including phenoxy) is 3. The Hall–Kier alpha value is -1.62. The summed E-state index contributed by atoms with van der Waals surface area (Å²) in [6.45, 7) is 0. The molecule has 1 fully saturated rings. The van der Waals surface area contributed by atoms with Crippen molar-refractivity contribution in [2.45, 2.75) is 50.7 Å². The molecule has 0 amide bonds. The molecule has 0 radical (unpaired) electrons. The third kappa shape index (κ3) is 1.95. The first kappa shape index (κ1) is 14.9. The molecular weight excluding hydrogens is 296 g/mol. The van der Waals surface area contributed by atoms with E-state index in [9.17, 15) is 9.59 Å². The summed E-state index contributed by atoms with van der Waals surface area (Å²) in [4.78, 5) is 24.3. The van der Waals surface area contributed by atoms with Crippen LogP contribution in [0, 0.1) is 11.8 Å². The molecule has 5 heteroatoms. The number of rotatable bonds is 2. The fraction of sp³-hybridized carbons (Fsp3) is 0.667. The van der Waals surface area contributed by atoms with Gasteiger partial charge < -0.3 is 14.2 Å². The summed E-state index contributed by atoms with van der Waals surface area (Å²) in [6, 6.07) is 0. The fourth-order valence-electron chi connectivity index (χ4n) is 4.89. The summed E-state index contributed by atoms with van der Waals surface area (Å²) in [5.74, 6) is -0.897. The van der Waals surface area contributed by atoms with E-state index in [2.05, 4.69) is 0 Å². The molecule has 0 aromatic heterocycles. The SMILES string of the molecule is COC(=O)C1=C(C(=O)OC)[C@H]2[C@@H]1[C@H]1O[C@@H]2C2=C1CCCCCC2. The molecule has 23 heavy (non-hydrogen) atoms. The van der Waals surface area contributed by atoms with Gasteiger partial charge in [0.05, 0.1) is 37.6 Å². The van der Waals surface area contributed by atoms with Crippen molar-refractivity contribution in [3.63, 3.8) is 0 Å². The average molecular weight is 318 g/mol. The van der Waals surface area contributed by atoms with Crippen molar-refractivity contribution in [1.82, 2.24) is 0 Å². The third-order valence-corrected chi connectivity index (χ3v) is 5.84. The van der Waals surface area contributed by atoms with Crippen molar-refractivity contribution in [3.8, 4) is 0 Å². The highest BCUT2D eigenvalue weighted by atomic mass is 16.5. The Kier molecular flexibility index (Phi) is 3.56. The lowest BCUT2D eigenvalue weighted by Gasteiger charge is -2.41. The molecule has 0 saturated carbocycles. The number of hydrogen-bond donors (Lipinski definition) is 0. The summed E-state index contributed by atoms with van der Waals surface area (Å²) < 4.78 is 16.0. The standard InChI is InChI=1S/C18H22O5/c1-21-17(19)13-11-12(14(13)18(20)22-2)16-10-8-6-4-3-5-7-9(10)15(11)23-16/h11-12,15-16H,3-8H2,1-2H3/t11-,12+,15-,16+. The maximum absolute atomic E-state index is 12.2. The Morgan fingerprint density at radius 2 is 1.26 bits per heavy atom. The maximum Gasteiger partial charge on any atom is 0.334 e. The smallest absolute Gasteiger partial charge is 0.334 e. The quantitative estimate of drug-likeness (QED) is 0.577. The molecule has 4 aliphatic rings. The van der Waals surface area contributed by atoms with Crippen LogP contribution in [0.25, 0.3) is 0 Å². The van der Waals surface area contributed by atoms with E-state index in [1.807, 2.05) is 0 Å². The lowest BCUT2D eigenvalue weighted by Crippen LogP contribution is -2.46. The Morgan fingerprint density at radius 1 is 0.826 bits per heavy atom. The van der Waals surface area contributed by atoms with E-state index in [0.717, 1.165) is 12.8 Å². The molecule has 0 aromatic carbocycles. The fourth-order valence-corrected chi connectivity index (χ4v) is 4.89. The number of hydrogen-bond acceptors (Lipinski definition) is 5. The van der Waals surface area contributed by atoms with Crippen LogP contribution in [0.15, 0.2) is 22.3 Å². The van der Waals surface area contributed by atoms with Gasteiger partial charge in [-0.05, 0) is 36.8 Å². The highest BCUT2D eigenvalue weighted by molar-refractivity contribution is 6.05. The van der Waals surface area contributed by atoms with Crippen LogP contribution in [0.4, 0.5) is 0 Å². The van der Waals surface area contributed by atoms with Crippen molar-refractivity contribution in [2.75, 3.05) is 14.2 Å². The van der Waals surface area contributed by atoms with Gasteiger partial charge in [0.15, 0.2) is 0 Å². The predicted octanol–water partition coefficient (Wildman–Crippen LogP) is 2.31. The zero-order chi connectivity index (χ0) is 16.1. The second kappa shape index (κ2) is 5.48. The molecule has 0 unspecified atom stereocenters. The number of methoxy groups -OCH3 is 2. The lowest BCUT2D eigenvalue weighted by molar-refractivity contribution is -0.142. The second-order valence-electron chi connectivity index (χ2n) is 6.80. The lowest BCUT2D eigenvalue weighted by atomic mass is 9.59. The van der Waals surface area contributed by atoms with Gasteiger partial charge in [0.25, 0.3) is 0 Å². The van der Waals surface area contributed by atoms with Crippen LogP contribution >= 0.6 is 0 Å². The van der Waals surface area contributed by atoms with E-state index < -0.39 is 11.9 Å². The molecule has 2 bridgehead atoms. The van der Waals surface area contributed by atoms with Gasteiger partial charge in [-0.1, -0.05) is 12.8 Å². The van der Waals surface area contributed by atoms with Crippen molar-refractivity contribution in [2.24, 2.45) is 11.8 Å². The van der Waals surface area contributed by atoms with Gasteiger partial charge in [-0.25, -0.2) is 9.59 Å². The Bertz CT molecular complexity index is 577. The van der Waals surface area contributed by atoms with E-state index in [-0.39, 0.29) is 24.0 Å². The largest absolute Gasteiger partial charge is 0.466 e. The average Bonchev–Trinajstić information content (AvgIpc) is 2.97. The summed E-state index contributed by atoms with van der Waals surface area (Å²) in [6.07, 6.45) is 6.92. The molecule has 5 nitrogen and oxygen atoms in total. The molecule has 0 aromatic rings. The monoisotopic (exact) mass is 318 g/mol. The summed E-state index contributed by atoms with van der Waals surface area (Å²) in [5.41, 5.74) is 3.73. The van der Waals surface area contributed by atoms with Crippen LogP contribution in [0.5, 0.6) is 0 Å². The Labute approximate surface area is 135 Å². The predicted molar refractivity (Wildman–Crippen MR) is 81.4 cm³/mol. The summed E-state index contributed by atoms with van der Waals surface area (Å²) in [7, 11) is 2.71. The van der Waals surface area contributed by atoms with Crippen LogP contribution in [-0.2, 0) is 23.8 Å². The molecule has 4 atom stereocenters. The van der Waals surface area contributed by atoms with Gasteiger partial charge in [-0.2, -0.15) is 0 Å². The Balaban J connectivity index is 1.72. The molecule has 0 N–H and O–H groups in total.